The van der Waals surface area contributed by atoms with Gasteiger partial charge in [-0.15, -0.1) is 0 Å². The van der Waals surface area contributed by atoms with E-state index in [0.717, 1.165) is 22.2 Å². The van der Waals surface area contributed by atoms with Crippen molar-refractivity contribution < 1.29 is 19.1 Å². The summed E-state index contributed by atoms with van der Waals surface area (Å²) in [5.41, 5.74) is 2.78. The summed E-state index contributed by atoms with van der Waals surface area (Å²) in [6, 6.07) is 18.8. The molecule has 0 bridgehead atoms. The van der Waals surface area contributed by atoms with Crippen molar-refractivity contribution in [2.45, 2.75) is 6.92 Å². The highest BCUT2D eigenvalue weighted by molar-refractivity contribution is 8.19. The minimum Gasteiger partial charge on any atom is -0.482 e. The standard InChI is InChI=1S/C25H18Cl2N2O4S/c1-15-5-8-18(9-6-15)28-23(30)14-33-21-10-7-16(11-20(21)27)12-22-24(31)29(25(32)34-22)19-4-2-3-17(26)13-19/h2-13H,14H2,1H3,(H,28,30)/b22-12+. The minimum absolute atomic E-state index is 0.217. The summed E-state index contributed by atoms with van der Waals surface area (Å²) in [6.07, 6.45) is 1.58. The van der Waals surface area contributed by atoms with Crippen molar-refractivity contribution in [1.82, 2.24) is 0 Å². The van der Waals surface area contributed by atoms with Crippen molar-refractivity contribution in [2.24, 2.45) is 0 Å². The zero-order valence-corrected chi connectivity index (χ0v) is 20.2. The first-order chi connectivity index (χ1) is 16.3. The van der Waals surface area contributed by atoms with Crippen LogP contribution in [0.4, 0.5) is 16.2 Å². The molecular formula is C25H18Cl2N2O4S. The van der Waals surface area contributed by atoms with Gasteiger partial charge in [-0.1, -0.05) is 53.0 Å². The Hall–Kier alpha value is -3.26. The first-order valence-corrected chi connectivity index (χ1v) is 11.7. The van der Waals surface area contributed by atoms with Crippen LogP contribution < -0.4 is 15.0 Å². The second kappa shape index (κ2) is 10.3. The third kappa shape index (κ3) is 5.62. The fraction of sp³-hybridized carbons (Fsp3) is 0.0800. The van der Waals surface area contributed by atoms with Crippen molar-refractivity contribution in [3.05, 3.63) is 92.8 Å². The lowest BCUT2D eigenvalue weighted by molar-refractivity contribution is -0.118. The molecule has 1 aliphatic rings. The van der Waals surface area contributed by atoms with Gasteiger partial charge in [-0.05, 0) is 72.8 Å². The van der Waals surface area contributed by atoms with Gasteiger partial charge in [0.25, 0.3) is 17.1 Å². The first kappa shape index (κ1) is 23.9. The number of aryl methyl sites for hydroxylation is 1. The molecule has 4 rings (SSSR count). The lowest BCUT2D eigenvalue weighted by Gasteiger charge is -2.12. The maximum Gasteiger partial charge on any atom is 0.298 e. The Labute approximate surface area is 210 Å². The van der Waals surface area contributed by atoms with Gasteiger partial charge in [0, 0.05) is 10.7 Å². The molecule has 0 radical (unpaired) electrons. The highest BCUT2D eigenvalue weighted by Gasteiger charge is 2.36. The molecule has 3 amide bonds. The van der Waals surface area contributed by atoms with Crippen LogP contribution in [-0.2, 0) is 9.59 Å². The lowest BCUT2D eigenvalue weighted by Crippen LogP contribution is -2.27. The van der Waals surface area contributed by atoms with Crippen molar-refractivity contribution in [2.75, 3.05) is 16.8 Å². The number of hydrogen-bond acceptors (Lipinski definition) is 5. The van der Waals surface area contributed by atoms with Crippen LogP contribution in [0.25, 0.3) is 6.08 Å². The Morgan fingerprint density at radius 1 is 1.06 bits per heavy atom. The Morgan fingerprint density at radius 2 is 1.82 bits per heavy atom. The number of halogens is 2. The molecule has 9 heteroatoms. The highest BCUT2D eigenvalue weighted by atomic mass is 35.5. The molecule has 34 heavy (non-hydrogen) atoms. The number of imide groups is 1. The number of carbonyl (C=O) groups is 3. The van der Waals surface area contributed by atoms with Gasteiger partial charge in [0.15, 0.2) is 6.61 Å². The molecule has 0 aromatic heterocycles. The first-order valence-electron chi connectivity index (χ1n) is 10.1. The van der Waals surface area contributed by atoms with E-state index in [1.807, 2.05) is 31.2 Å². The van der Waals surface area contributed by atoms with Crippen LogP contribution >= 0.6 is 35.0 Å². The van der Waals surface area contributed by atoms with E-state index in [4.69, 9.17) is 27.9 Å². The largest absolute Gasteiger partial charge is 0.482 e. The summed E-state index contributed by atoms with van der Waals surface area (Å²) in [7, 11) is 0. The maximum absolute atomic E-state index is 12.8. The van der Waals surface area contributed by atoms with Crippen LogP contribution in [0, 0.1) is 6.92 Å². The van der Waals surface area contributed by atoms with Crippen LogP contribution in [0.1, 0.15) is 11.1 Å². The number of amides is 3. The van der Waals surface area contributed by atoms with Crippen LogP contribution in [-0.4, -0.2) is 23.7 Å². The minimum atomic E-state index is -0.443. The summed E-state index contributed by atoms with van der Waals surface area (Å²) in [4.78, 5) is 38.7. The molecule has 6 nitrogen and oxygen atoms in total. The third-order valence-electron chi connectivity index (χ3n) is 4.81. The van der Waals surface area contributed by atoms with Crippen LogP contribution in [0.3, 0.4) is 0 Å². The molecule has 0 aliphatic carbocycles. The molecule has 0 saturated carbocycles. The van der Waals surface area contributed by atoms with E-state index in [1.54, 1.807) is 48.5 Å². The molecule has 0 atom stereocenters. The number of thioether (sulfide) groups is 1. The average molecular weight is 513 g/mol. The SMILES string of the molecule is Cc1ccc(NC(=O)COc2ccc(/C=C3/SC(=O)N(c4cccc(Cl)c4)C3=O)cc2Cl)cc1. The molecule has 3 aromatic rings. The molecule has 0 unspecified atom stereocenters. The van der Waals surface area contributed by atoms with Gasteiger partial charge in [0.05, 0.1) is 15.6 Å². The number of nitrogens with zero attached hydrogens (tertiary/aromatic N) is 1. The average Bonchev–Trinajstić information content (AvgIpc) is 3.07. The molecule has 1 fully saturated rings. The van der Waals surface area contributed by atoms with Crippen molar-refractivity contribution >= 4 is 69.5 Å². The Kier molecular flexibility index (Phi) is 7.26. The third-order valence-corrected chi connectivity index (χ3v) is 6.21. The zero-order valence-electron chi connectivity index (χ0n) is 17.9. The van der Waals surface area contributed by atoms with Crippen molar-refractivity contribution in [1.29, 1.82) is 0 Å². The predicted molar refractivity (Wildman–Crippen MR) is 137 cm³/mol. The van der Waals surface area contributed by atoms with Crippen LogP contribution in [0.15, 0.2) is 71.6 Å². The summed E-state index contributed by atoms with van der Waals surface area (Å²) in [6.45, 7) is 1.75. The van der Waals surface area contributed by atoms with Crippen LogP contribution in [0.5, 0.6) is 5.75 Å². The lowest BCUT2D eigenvalue weighted by atomic mass is 10.2. The van der Waals surface area contributed by atoms with E-state index in [1.165, 1.54) is 0 Å². The van der Waals surface area contributed by atoms with Gasteiger partial charge in [-0.3, -0.25) is 14.4 Å². The molecule has 3 aromatic carbocycles. The van der Waals surface area contributed by atoms with Gasteiger partial charge in [-0.2, -0.15) is 0 Å². The maximum atomic E-state index is 12.8. The molecule has 1 saturated heterocycles. The fourth-order valence-electron chi connectivity index (χ4n) is 3.16. The van der Waals surface area contributed by atoms with Gasteiger partial charge in [0.1, 0.15) is 5.75 Å². The predicted octanol–water partition coefficient (Wildman–Crippen LogP) is 6.56. The normalized spacial score (nSPS) is 14.6. The molecule has 1 N–H and O–H groups in total. The van der Waals surface area contributed by atoms with Crippen LogP contribution in [0.2, 0.25) is 10.0 Å². The quantitative estimate of drug-likeness (QED) is 0.378. The van der Waals surface area contributed by atoms with E-state index < -0.39 is 11.1 Å². The van der Waals surface area contributed by atoms with E-state index >= 15 is 0 Å². The Morgan fingerprint density at radius 3 is 2.53 bits per heavy atom. The van der Waals surface area contributed by atoms with Gasteiger partial charge < -0.3 is 10.1 Å². The number of anilines is 2. The number of hydrogen-bond donors (Lipinski definition) is 1. The molecular weight excluding hydrogens is 495 g/mol. The second-order valence-corrected chi connectivity index (χ2v) is 9.23. The number of benzene rings is 3. The number of ether oxygens (including phenoxy) is 1. The van der Waals surface area contributed by atoms with E-state index in [2.05, 4.69) is 5.32 Å². The topological polar surface area (TPSA) is 75.7 Å². The molecule has 0 spiro atoms. The van der Waals surface area contributed by atoms with Crippen molar-refractivity contribution in [3.8, 4) is 5.75 Å². The fourth-order valence-corrected chi connectivity index (χ4v) is 4.43. The van der Waals surface area contributed by atoms with Gasteiger partial charge >= 0.3 is 0 Å². The van der Waals surface area contributed by atoms with E-state index in [-0.39, 0.29) is 22.4 Å². The van der Waals surface area contributed by atoms with Crippen molar-refractivity contribution in [3.63, 3.8) is 0 Å². The Bertz CT molecular complexity index is 1310. The summed E-state index contributed by atoms with van der Waals surface area (Å²) >= 11 is 13.1. The van der Waals surface area contributed by atoms with E-state index in [0.29, 0.717) is 27.7 Å². The smallest absolute Gasteiger partial charge is 0.298 e. The molecule has 1 aliphatic heterocycles. The molecule has 1 heterocycles. The van der Waals surface area contributed by atoms with E-state index in [9.17, 15) is 14.4 Å². The number of nitrogens with one attached hydrogen (secondary N) is 1. The number of carbonyl (C=O) groups excluding carboxylic acids is 3. The van der Waals surface area contributed by atoms with Gasteiger partial charge in [-0.25, -0.2) is 4.90 Å². The zero-order chi connectivity index (χ0) is 24.2. The molecule has 172 valence electrons. The number of rotatable bonds is 6. The van der Waals surface area contributed by atoms with Gasteiger partial charge in [0.2, 0.25) is 0 Å². The second-order valence-electron chi connectivity index (χ2n) is 7.39. The summed E-state index contributed by atoms with van der Waals surface area (Å²) < 4.78 is 5.53. The Balaban J connectivity index is 1.41. The highest BCUT2D eigenvalue weighted by Crippen LogP contribution is 2.37. The monoisotopic (exact) mass is 512 g/mol. The summed E-state index contributed by atoms with van der Waals surface area (Å²) in [5, 5.41) is 3.03. The summed E-state index contributed by atoms with van der Waals surface area (Å²) in [5.74, 6) is -0.440.